The van der Waals surface area contributed by atoms with Crippen LogP contribution in [0.3, 0.4) is 0 Å². The first-order valence-corrected chi connectivity index (χ1v) is 12.4. The highest BCUT2D eigenvalue weighted by Gasteiger charge is 2.30. The van der Waals surface area contributed by atoms with Crippen LogP contribution in [-0.2, 0) is 33.7 Å². The number of aryl methyl sites for hydroxylation is 2. The summed E-state index contributed by atoms with van der Waals surface area (Å²) in [6, 6.07) is 7.88. The first-order valence-electron chi connectivity index (χ1n) is 10.9. The molecule has 4 rings (SSSR count). The number of sulfonamides is 1. The second-order valence-corrected chi connectivity index (χ2v) is 10.2. The van der Waals surface area contributed by atoms with Crippen molar-refractivity contribution in [3.05, 3.63) is 52.7 Å². The Kier molecular flexibility index (Phi) is 6.72. The molecule has 35 heavy (non-hydrogen) atoms. The highest BCUT2D eigenvalue weighted by atomic mass is 32.2. The Morgan fingerprint density at radius 3 is 2.29 bits per heavy atom. The molecule has 0 saturated carbocycles. The van der Waals surface area contributed by atoms with Crippen LogP contribution < -0.4 is 11.0 Å². The summed E-state index contributed by atoms with van der Waals surface area (Å²) < 4.78 is 42.6. The number of nitrogens with zero attached hydrogens (tertiary/aromatic N) is 5. The zero-order chi connectivity index (χ0) is 25.3. The summed E-state index contributed by atoms with van der Waals surface area (Å²) in [5, 5.41) is 2.64. The van der Waals surface area contributed by atoms with Crippen LogP contribution in [0.4, 0.5) is 10.2 Å². The van der Waals surface area contributed by atoms with E-state index in [1.807, 2.05) is 0 Å². The molecule has 0 spiro atoms. The summed E-state index contributed by atoms with van der Waals surface area (Å²) in [6.45, 7) is 0.608. The first-order chi connectivity index (χ1) is 16.6. The minimum Gasteiger partial charge on any atom is -0.340 e. The number of fused-ring (bicyclic) bond motifs is 1. The number of hydrogen-bond donors (Lipinski definition) is 1. The lowest BCUT2D eigenvalue weighted by atomic mass is 10.2. The Balaban J connectivity index is 1.29. The van der Waals surface area contributed by atoms with Gasteiger partial charge in [0.15, 0.2) is 5.65 Å². The number of pyridine rings is 1. The number of hydrogen-bond acceptors (Lipinski definition) is 6. The number of imidazole rings is 1. The Bertz CT molecular complexity index is 1440. The van der Waals surface area contributed by atoms with Crippen molar-refractivity contribution in [2.24, 2.45) is 14.1 Å². The lowest BCUT2D eigenvalue weighted by molar-refractivity contribution is -0.133. The van der Waals surface area contributed by atoms with Gasteiger partial charge in [-0.25, -0.2) is 22.6 Å². The summed E-state index contributed by atoms with van der Waals surface area (Å²) in [5.74, 6) is -0.905. The summed E-state index contributed by atoms with van der Waals surface area (Å²) in [5.41, 5.74) is 0.832. The normalized spacial score (nSPS) is 14.9. The van der Waals surface area contributed by atoms with Crippen molar-refractivity contribution in [2.75, 3.05) is 31.5 Å². The maximum Gasteiger partial charge on any atom is 0.329 e. The maximum atomic E-state index is 13.1. The standard InChI is InChI=1S/C22H25FN6O5S/c1-26-17-7-8-18(25-21(17)27(2)22(26)32)24-19(30)9-10-20(31)28-11-13-29(14-12-28)35(33,34)16-5-3-15(23)4-6-16/h3-8H,9-14H2,1-2H3,(H,24,25,30). The van der Waals surface area contributed by atoms with Crippen molar-refractivity contribution in [1.82, 2.24) is 23.3 Å². The van der Waals surface area contributed by atoms with Crippen LogP contribution in [-0.4, -0.2) is 69.7 Å². The number of benzene rings is 1. The van der Waals surface area contributed by atoms with Crippen LogP contribution in [0.25, 0.3) is 11.2 Å². The van der Waals surface area contributed by atoms with Gasteiger partial charge in [-0.1, -0.05) is 0 Å². The molecule has 1 fully saturated rings. The SMILES string of the molecule is Cn1c(=O)n(C)c2nc(NC(=O)CCC(=O)N3CCN(S(=O)(=O)c4ccc(F)cc4)CC3)ccc21. The molecule has 3 aromatic rings. The number of nitrogens with one attached hydrogen (secondary N) is 1. The highest BCUT2D eigenvalue weighted by molar-refractivity contribution is 7.89. The van der Waals surface area contributed by atoms with E-state index in [-0.39, 0.29) is 61.3 Å². The second kappa shape index (κ2) is 9.58. The molecule has 2 aromatic heterocycles. The number of aromatic nitrogens is 3. The van der Waals surface area contributed by atoms with Gasteiger partial charge in [-0.3, -0.25) is 18.7 Å². The zero-order valence-corrected chi connectivity index (χ0v) is 20.1. The van der Waals surface area contributed by atoms with Gasteiger partial charge >= 0.3 is 5.69 Å². The van der Waals surface area contributed by atoms with Gasteiger partial charge in [-0.15, -0.1) is 0 Å². The summed E-state index contributed by atoms with van der Waals surface area (Å²) in [4.78, 5) is 42.7. The number of halogens is 1. The van der Waals surface area contributed by atoms with E-state index in [9.17, 15) is 27.2 Å². The van der Waals surface area contributed by atoms with Gasteiger partial charge in [0.25, 0.3) is 0 Å². The van der Waals surface area contributed by atoms with Crippen molar-refractivity contribution >= 4 is 38.8 Å². The fourth-order valence-corrected chi connectivity index (χ4v) is 5.38. The third-order valence-corrected chi connectivity index (χ3v) is 7.90. The average Bonchev–Trinajstić information content (AvgIpc) is 3.06. The van der Waals surface area contributed by atoms with Crippen molar-refractivity contribution in [1.29, 1.82) is 0 Å². The number of piperazine rings is 1. The lowest BCUT2D eigenvalue weighted by Crippen LogP contribution is -2.50. The second-order valence-electron chi connectivity index (χ2n) is 8.23. The zero-order valence-electron chi connectivity index (χ0n) is 19.3. The third-order valence-electron chi connectivity index (χ3n) is 5.98. The minimum absolute atomic E-state index is 0.00211. The van der Waals surface area contributed by atoms with E-state index in [0.29, 0.717) is 11.2 Å². The number of amides is 2. The van der Waals surface area contributed by atoms with Crippen LogP contribution in [0.2, 0.25) is 0 Å². The van der Waals surface area contributed by atoms with Gasteiger partial charge in [-0.2, -0.15) is 4.31 Å². The third kappa shape index (κ3) is 4.95. The predicted octanol–water partition coefficient (Wildman–Crippen LogP) is 0.663. The fourth-order valence-electron chi connectivity index (χ4n) is 3.96. The molecule has 0 unspecified atom stereocenters. The molecule has 1 aromatic carbocycles. The minimum atomic E-state index is -3.77. The molecule has 0 radical (unpaired) electrons. The largest absolute Gasteiger partial charge is 0.340 e. The molecule has 2 amide bonds. The molecule has 1 N–H and O–H groups in total. The van der Waals surface area contributed by atoms with Crippen LogP contribution >= 0.6 is 0 Å². The maximum absolute atomic E-state index is 13.1. The van der Waals surface area contributed by atoms with E-state index in [1.54, 1.807) is 26.2 Å². The summed E-state index contributed by atoms with van der Waals surface area (Å²) >= 11 is 0. The quantitative estimate of drug-likeness (QED) is 0.526. The molecule has 1 aliphatic heterocycles. The van der Waals surface area contributed by atoms with Gasteiger partial charge in [0, 0.05) is 53.1 Å². The number of carbonyl (C=O) groups is 2. The van der Waals surface area contributed by atoms with Gasteiger partial charge in [0.2, 0.25) is 21.8 Å². The van der Waals surface area contributed by atoms with Gasteiger partial charge in [0.1, 0.15) is 11.6 Å². The lowest BCUT2D eigenvalue weighted by Gasteiger charge is -2.34. The average molecular weight is 505 g/mol. The van der Waals surface area contributed by atoms with Crippen molar-refractivity contribution in [2.45, 2.75) is 17.7 Å². The van der Waals surface area contributed by atoms with E-state index in [4.69, 9.17) is 0 Å². The molecule has 186 valence electrons. The molecule has 13 heteroatoms. The number of rotatable bonds is 6. The number of anilines is 1. The predicted molar refractivity (Wildman–Crippen MR) is 126 cm³/mol. The molecule has 1 saturated heterocycles. The van der Waals surface area contributed by atoms with Crippen molar-refractivity contribution in [3.8, 4) is 0 Å². The molecule has 0 atom stereocenters. The van der Waals surface area contributed by atoms with E-state index in [0.717, 1.165) is 12.1 Å². The molecule has 11 nitrogen and oxygen atoms in total. The first kappa shape index (κ1) is 24.5. The van der Waals surface area contributed by atoms with E-state index < -0.39 is 21.7 Å². The van der Waals surface area contributed by atoms with E-state index >= 15 is 0 Å². The van der Waals surface area contributed by atoms with Crippen LogP contribution in [0.1, 0.15) is 12.8 Å². The van der Waals surface area contributed by atoms with Gasteiger partial charge in [0.05, 0.1) is 10.4 Å². The topological polar surface area (TPSA) is 127 Å². The molecule has 1 aliphatic rings. The van der Waals surface area contributed by atoms with Crippen LogP contribution in [0, 0.1) is 5.82 Å². The van der Waals surface area contributed by atoms with Crippen molar-refractivity contribution in [3.63, 3.8) is 0 Å². The van der Waals surface area contributed by atoms with Crippen molar-refractivity contribution < 1.29 is 22.4 Å². The van der Waals surface area contributed by atoms with E-state index in [2.05, 4.69) is 10.3 Å². The summed E-state index contributed by atoms with van der Waals surface area (Å²) in [6.07, 6.45) is -0.108. The Labute approximate surface area is 200 Å². The van der Waals surface area contributed by atoms with Gasteiger partial charge < -0.3 is 10.2 Å². The van der Waals surface area contributed by atoms with Crippen LogP contribution in [0.5, 0.6) is 0 Å². The molecule has 0 bridgehead atoms. The molecular formula is C22H25FN6O5S. The van der Waals surface area contributed by atoms with Crippen LogP contribution in [0.15, 0.2) is 46.1 Å². The molecule has 3 heterocycles. The Morgan fingerprint density at radius 1 is 0.971 bits per heavy atom. The van der Waals surface area contributed by atoms with Gasteiger partial charge in [-0.05, 0) is 36.4 Å². The van der Waals surface area contributed by atoms with E-state index in [1.165, 1.54) is 30.5 Å². The monoisotopic (exact) mass is 504 g/mol. The Hall–Kier alpha value is -3.58. The molecular weight excluding hydrogens is 479 g/mol. The fraction of sp³-hybridized carbons (Fsp3) is 0.364. The highest BCUT2D eigenvalue weighted by Crippen LogP contribution is 2.19. The number of carbonyl (C=O) groups excluding carboxylic acids is 2. The molecule has 0 aliphatic carbocycles. The summed E-state index contributed by atoms with van der Waals surface area (Å²) in [7, 11) is -0.550. The smallest absolute Gasteiger partial charge is 0.329 e. The Morgan fingerprint density at radius 2 is 1.63 bits per heavy atom.